The van der Waals surface area contributed by atoms with E-state index in [1.807, 2.05) is 0 Å². The Hall–Kier alpha value is -2.40. The van der Waals surface area contributed by atoms with Gasteiger partial charge in [-0.2, -0.15) is 0 Å². The van der Waals surface area contributed by atoms with Gasteiger partial charge in [0.15, 0.2) is 0 Å². The van der Waals surface area contributed by atoms with Crippen LogP contribution in [0.15, 0.2) is 91.1 Å². The molecule has 5 aliphatic rings. The Kier molecular flexibility index (Phi) is 6.10. The first-order valence-electron chi connectivity index (χ1n) is 13.7. The Labute approximate surface area is 218 Å². The van der Waals surface area contributed by atoms with Crippen molar-refractivity contribution >= 4 is 13.8 Å². The molecule has 1 aliphatic heterocycles. The van der Waals surface area contributed by atoms with Crippen molar-refractivity contribution in [2.45, 2.75) is 50.7 Å². The summed E-state index contributed by atoms with van der Waals surface area (Å²) in [6, 6.07) is 9.27. The Morgan fingerprint density at radius 2 is 1.39 bits per heavy atom. The minimum atomic E-state index is -1.93. The Morgan fingerprint density at radius 1 is 0.806 bits per heavy atom. The Morgan fingerprint density at radius 3 is 1.94 bits per heavy atom. The lowest BCUT2D eigenvalue weighted by Gasteiger charge is -2.49. The van der Waals surface area contributed by atoms with Gasteiger partial charge in [0.25, 0.3) is 0 Å². The lowest BCUT2D eigenvalue weighted by atomic mass is 9.83. The molecule has 0 amide bonds. The lowest BCUT2D eigenvalue weighted by molar-refractivity contribution is 0.258. The molecule has 2 fully saturated rings. The van der Waals surface area contributed by atoms with E-state index >= 15 is 0 Å². The maximum atomic E-state index is 5.42. The molecule has 1 heterocycles. The maximum absolute atomic E-state index is 5.42. The number of rotatable bonds is 5. The molecule has 0 bridgehead atoms. The largest absolute Gasteiger partial charge is 0.497 e. The molecule has 0 spiro atoms. The van der Waals surface area contributed by atoms with E-state index in [2.05, 4.69) is 128 Å². The number of hydrogen-bond donors (Lipinski definition) is 1. The number of methoxy groups -OCH3 is 1. The second-order valence-electron chi connectivity index (χ2n) is 12.0. The second-order valence-corrected chi connectivity index (χ2v) is 16.5. The molecule has 0 radical (unpaired) electrons. The van der Waals surface area contributed by atoms with Crippen molar-refractivity contribution in [3.05, 3.63) is 96.7 Å². The molecule has 4 aliphatic carbocycles. The molecule has 1 N–H and O–H groups in total. The standard InChI is InChI=1S/C32H40N2OSi/c1-21(2)32-33-30-24(22-17-19-23(35-3)20-18-22)15-10-16-29(30)34(32)36(4,5)31-27-13-8-6-11-25(27)26-12-7-9-14-28(26)31/h6-21,25-33H,1-5H3/t25?,26?,27?,28?,29-,30?,31?,32+/m1/s1. The maximum Gasteiger partial charge on any atom is 0.129 e. The molecule has 5 unspecified atom stereocenters. The second kappa shape index (κ2) is 9.16. The van der Waals surface area contributed by atoms with Crippen LogP contribution < -0.4 is 10.1 Å². The van der Waals surface area contributed by atoms with Crippen LogP contribution >= 0.6 is 0 Å². The smallest absolute Gasteiger partial charge is 0.129 e. The van der Waals surface area contributed by atoms with Crippen molar-refractivity contribution in [1.29, 1.82) is 0 Å². The first kappa shape index (κ1) is 24.0. The van der Waals surface area contributed by atoms with Gasteiger partial charge in [0.1, 0.15) is 14.0 Å². The molecule has 1 aromatic carbocycles. The third kappa shape index (κ3) is 3.68. The van der Waals surface area contributed by atoms with Gasteiger partial charge in [0.2, 0.25) is 0 Å². The van der Waals surface area contributed by atoms with Crippen LogP contribution in [0.1, 0.15) is 19.4 Å². The molecule has 1 saturated heterocycles. The molecule has 1 aromatic rings. The van der Waals surface area contributed by atoms with Crippen molar-refractivity contribution in [2.75, 3.05) is 7.11 Å². The molecule has 3 nitrogen and oxygen atoms in total. The highest BCUT2D eigenvalue weighted by atomic mass is 28.3. The number of nitrogens with one attached hydrogen (secondary N) is 1. The van der Waals surface area contributed by atoms with Crippen molar-refractivity contribution in [3.8, 4) is 5.75 Å². The highest BCUT2D eigenvalue weighted by molar-refractivity contribution is 6.76. The molecule has 0 aromatic heterocycles. The molecular weight excluding hydrogens is 456 g/mol. The van der Waals surface area contributed by atoms with Crippen molar-refractivity contribution in [3.63, 3.8) is 0 Å². The quantitative estimate of drug-likeness (QED) is 0.466. The van der Waals surface area contributed by atoms with Gasteiger partial charge in [-0.05, 0) is 58.4 Å². The predicted octanol–water partition coefficient (Wildman–Crippen LogP) is 6.58. The summed E-state index contributed by atoms with van der Waals surface area (Å²) < 4.78 is 8.41. The van der Waals surface area contributed by atoms with Crippen LogP contribution in [0.25, 0.3) is 5.57 Å². The van der Waals surface area contributed by atoms with Gasteiger partial charge < -0.3 is 9.30 Å². The van der Waals surface area contributed by atoms with Gasteiger partial charge in [-0.1, -0.05) is 106 Å². The fraction of sp³-hybridized carbons (Fsp3) is 0.438. The fourth-order valence-electron chi connectivity index (χ4n) is 8.02. The highest BCUT2D eigenvalue weighted by Crippen LogP contribution is 2.59. The minimum Gasteiger partial charge on any atom is -0.497 e. The molecule has 7 atom stereocenters. The van der Waals surface area contributed by atoms with Crippen molar-refractivity contribution in [2.24, 2.45) is 29.6 Å². The SMILES string of the molecule is COc1ccc(C2=CC=C[C@@H]3C2N[C@H](C(C)C)N3[Si](C)(C)C2C3C=CC=CC3C3C=CC=CC32)cc1. The zero-order valence-corrected chi connectivity index (χ0v) is 23.2. The minimum absolute atomic E-state index is 0.305. The van der Waals surface area contributed by atoms with Crippen LogP contribution in [0.3, 0.4) is 0 Å². The summed E-state index contributed by atoms with van der Waals surface area (Å²) in [6.45, 7) is 10.1. The first-order valence-corrected chi connectivity index (χ1v) is 16.7. The summed E-state index contributed by atoms with van der Waals surface area (Å²) in [5.74, 6) is 3.93. The molecule has 188 valence electrons. The number of fused-ring (bicyclic) bond motifs is 4. The van der Waals surface area contributed by atoms with Crippen molar-refractivity contribution in [1.82, 2.24) is 9.88 Å². The van der Waals surface area contributed by atoms with Crippen LogP contribution in [-0.2, 0) is 0 Å². The summed E-state index contributed by atoms with van der Waals surface area (Å²) >= 11 is 0. The van der Waals surface area contributed by atoms with E-state index in [1.54, 1.807) is 7.11 Å². The van der Waals surface area contributed by atoms with E-state index in [0.717, 1.165) is 5.75 Å². The molecule has 6 rings (SSSR count). The molecule has 1 saturated carbocycles. The molecular formula is C32H40N2OSi. The lowest BCUT2D eigenvalue weighted by Crippen LogP contribution is -2.61. The fourth-order valence-corrected chi connectivity index (χ4v) is 13.0. The number of hydrogen-bond acceptors (Lipinski definition) is 3. The van der Waals surface area contributed by atoms with Crippen LogP contribution in [0, 0.1) is 29.6 Å². The topological polar surface area (TPSA) is 24.5 Å². The van der Waals surface area contributed by atoms with Gasteiger partial charge in [0.05, 0.1) is 19.3 Å². The molecule has 4 heteroatoms. The predicted molar refractivity (Wildman–Crippen MR) is 153 cm³/mol. The van der Waals surface area contributed by atoms with E-state index in [1.165, 1.54) is 11.1 Å². The zero-order valence-electron chi connectivity index (χ0n) is 22.2. The summed E-state index contributed by atoms with van der Waals surface area (Å²) in [6.07, 6.45) is 26.7. The summed E-state index contributed by atoms with van der Waals surface area (Å²) in [7, 11) is -0.198. The van der Waals surface area contributed by atoms with Gasteiger partial charge in [-0.25, -0.2) is 0 Å². The van der Waals surface area contributed by atoms with Crippen LogP contribution in [-0.4, -0.2) is 38.2 Å². The van der Waals surface area contributed by atoms with Crippen LogP contribution in [0.4, 0.5) is 0 Å². The molecule has 36 heavy (non-hydrogen) atoms. The van der Waals surface area contributed by atoms with Crippen LogP contribution in [0.2, 0.25) is 18.6 Å². The highest BCUT2D eigenvalue weighted by Gasteiger charge is 2.59. The normalized spacial score (nSPS) is 36.7. The van der Waals surface area contributed by atoms with Gasteiger partial charge in [-0.3, -0.25) is 5.32 Å². The van der Waals surface area contributed by atoms with E-state index in [9.17, 15) is 0 Å². The number of nitrogens with zero attached hydrogens (tertiary/aromatic N) is 1. The number of allylic oxidation sites excluding steroid dienone is 10. The van der Waals surface area contributed by atoms with Crippen LogP contribution in [0.5, 0.6) is 5.75 Å². The van der Waals surface area contributed by atoms with E-state index in [0.29, 0.717) is 53.4 Å². The Balaban J connectivity index is 1.38. The van der Waals surface area contributed by atoms with E-state index in [4.69, 9.17) is 4.74 Å². The third-order valence-electron chi connectivity index (χ3n) is 9.49. The van der Waals surface area contributed by atoms with E-state index in [-0.39, 0.29) is 0 Å². The summed E-state index contributed by atoms with van der Waals surface area (Å²) in [5, 5.41) is 4.14. The Bertz CT molecular complexity index is 1140. The van der Waals surface area contributed by atoms with Gasteiger partial charge >= 0.3 is 0 Å². The van der Waals surface area contributed by atoms with Crippen molar-refractivity contribution < 1.29 is 4.74 Å². The summed E-state index contributed by atoms with van der Waals surface area (Å²) in [5.41, 5.74) is 3.36. The van der Waals surface area contributed by atoms with Gasteiger partial charge in [-0.15, -0.1) is 0 Å². The van der Waals surface area contributed by atoms with E-state index < -0.39 is 8.24 Å². The third-order valence-corrected chi connectivity index (χ3v) is 13.8. The average molecular weight is 497 g/mol. The van der Waals surface area contributed by atoms with Gasteiger partial charge in [0, 0.05) is 6.04 Å². The monoisotopic (exact) mass is 496 g/mol. The number of benzene rings is 1. The zero-order chi connectivity index (χ0) is 25.0. The summed E-state index contributed by atoms with van der Waals surface area (Å²) in [4.78, 5) is 0. The first-order chi connectivity index (χ1) is 17.4. The average Bonchev–Trinajstić information content (AvgIpc) is 3.46. The number of ether oxygens (including phenoxy) is 1.